The van der Waals surface area contributed by atoms with E-state index in [-0.39, 0.29) is 0 Å². The van der Waals surface area contributed by atoms with Gasteiger partial charge in [0, 0.05) is 30.4 Å². The third-order valence-corrected chi connectivity index (χ3v) is 5.54. The topological polar surface area (TPSA) is 85.5 Å². The molecule has 0 atom stereocenters. The molecule has 1 fully saturated rings. The Labute approximate surface area is 174 Å². The predicted octanol–water partition coefficient (Wildman–Crippen LogP) is 3.23. The van der Waals surface area contributed by atoms with Crippen molar-refractivity contribution in [3.63, 3.8) is 0 Å². The summed E-state index contributed by atoms with van der Waals surface area (Å²) in [5.74, 6) is 0.729. The van der Waals surface area contributed by atoms with Crippen molar-refractivity contribution in [1.82, 2.24) is 35.1 Å². The minimum absolute atomic E-state index is 0.394. The fraction of sp³-hybridized carbons (Fsp3) is 0.273. The van der Waals surface area contributed by atoms with Gasteiger partial charge in [-0.2, -0.15) is 5.10 Å². The molecule has 0 saturated carbocycles. The van der Waals surface area contributed by atoms with Gasteiger partial charge in [-0.1, -0.05) is 23.9 Å². The number of nitrogens with zero attached hydrogens (tertiary/aromatic N) is 6. The number of aryl methyl sites for hydroxylation is 1. The molecule has 30 heavy (non-hydrogen) atoms. The van der Waals surface area contributed by atoms with Gasteiger partial charge in [0.15, 0.2) is 0 Å². The highest BCUT2D eigenvalue weighted by atomic mass is 15.4. The summed E-state index contributed by atoms with van der Waals surface area (Å²) in [6, 6.07) is 8.73. The fourth-order valence-corrected chi connectivity index (χ4v) is 3.84. The van der Waals surface area contributed by atoms with Gasteiger partial charge in [-0.25, -0.2) is 9.67 Å². The normalized spacial score (nSPS) is 14.8. The second-order valence-corrected chi connectivity index (χ2v) is 7.70. The monoisotopic (exact) mass is 400 g/mol. The summed E-state index contributed by atoms with van der Waals surface area (Å²) in [7, 11) is 1.92. The van der Waals surface area contributed by atoms with Crippen molar-refractivity contribution in [2.75, 3.05) is 18.4 Å². The maximum atomic E-state index is 4.52. The lowest BCUT2D eigenvalue weighted by atomic mass is 10.1. The van der Waals surface area contributed by atoms with E-state index < -0.39 is 0 Å². The molecule has 0 amide bonds. The van der Waals surface area contributed by atoms with Crippen LogP contribution in [0.1, 0.15) is 24.6 Å². The summed E-state index contributed by atoms with van der Waals surface area (Å²) >= 11 is 0. The molecular weight excluding hydrogens is 376 g/mol. The number of pyridine rings is 1. The third kappa shape index (κ3) is 3.69. The SMILES string of the molecule is C=C(Nc1cc2cc(-c3cnn(C)c3)ccc2cn1)c1cn(C2CCNCC2)nn1. The zero-order valence-corrected chi connectivity index (χ0v) is 16.9. The molecule has 4 aromatic rings. The Morgan fingerprint density at radius 1 is 1.10 bits per heavy atom. The Balaban J connectivity index is 1.35. The lowest BCUT2D eigenvalue weighted by Crippen LogP contribution is -2.29. The van der Waals surface area contributed by atoms with Gasteiger partial charge in [-0.05, 0) is 49.0 Å². The van der Waals surface area contributed by atoms with E-state index in [9.17, 15) is 0 Å². The van der Waals surface area contributed by atoms with Crippen LogP contribution in [0.2, 0.25) is 0 Å². The predicted molar refractivity (Wildman–Crippen MR) is 118 cm³/mol. The third-order valence-electron chi connectivity index (χ3n) is 5.54. The van der Waals surface area contributed by atoms with Crippen molar-refractivity contribution < 1.29 is 0 Å². The first kappa shape index (κ1) is 18.5. The Morgan fingerprint density at radius 3 is 2.77 bits per heavy atom. The maximum Gasteiger partial charge on any atom is 0.130 e. The van der Waals surface area contributed by atoms with Crippen LogP contribution in [-0.2, 0) is 7.05 Å². The molecule has 8 nitrogen and oxygen atoms in total. The number of piperidine rings is 1. The van der Waals surface area contributed by atoms with Gasteiger partial charge in [-0.3, -0.25) is 4.68 Å². The number of hydrogen-bond donors (Lipinski definition) is 2. The molecule has 5 rings (SSSR count). The van der Waals surface area contributed by atoms with E-state index in [0.717, 1.165) is 59.3 Å². The van der Waals surface area contributed by atoms with Crippen LogP contribution in [0.4, 0.5) is 5.82 Å². The Morgan fingerprint density at radius 2 is 1.97 bits per heavy atom. The number of aromatic nitrogens is 6. The maximum absolute atomic E-state index is 4.52. The van der Waals surface area contributed by atoms with E-state index in [0.29, 0.717) is 11.7 Å². The Bertz CT molecular complexity index is 1200. The molecule has 0 unspecified atom stereocenters. The summed E-state index contributed by atoms with van der Waals surface area (Å²) in [5.41, 5.74) is 3.63. The van der Waals surface area contributed by atoms with Gasteiger partial charge in [0.2, 0.25) is 0 Å². The highest BCUT2D eigenvalue weighted by Crippen LogP contribution is 2.26. The molecule has 1 aliphatic heterocycles. The average molecular weight is 400 g/mol. The molecule has 4 heterocycles. The Hall–Kier alpha value is -3.52. The van der Waals surface area contributed by atoms with Gasteiger partial charge in [-0.15, -0.1) is 5.10 Å². The first-order valence-electron chi connectivity index (χ1n) is 10.1. The van der Waals surface area contributed by atoms with Crippen molar-refractivity contribution in [1.29, 1.82) is 0 Å². The van der Waals surface area contributed by atoms with Crippen molar-refractivity contribution in [3.8, 4) is 11.1 Å². The average Bonchev–Trinajstić information content (AvgIpc) is 3.43. The van der Waals surface area contributed by atoms with E-state index in [2.05, 4.69) is 55.8 Å². The van der Waals surface area contributed by atoms with Crippen LogP contribution in [0.15, 0.2) is 55.6 Å². The Kier molecular flexibility index (Phi) is 4.76. The van der Waals surface area contributed by atoms with Gasteiger partial charge in [0.25, 0.3) is 0 Å². The summed E-state index contributed by atoms with van der Waals surface area (Å²) in [5, 5.41) is 21.7. The van der Waals surface area contributed by atoms with E-state index in [4.69, 9.17) is 0 Å². The highest BCUT2D eigenvalue weighted by Gasteiger charge is 2.17. The molecule has 8 heteroatoms. The van der Waals surface area contributed by atoms with Crippen LogP contribution in [-0.4, -0.2) is 42.8 Å². The molecule has 0 radical (unpaired) electrons. The molecule has 2 N–H and O–H groups in total. The van der Waals surface area contributed by atoms with Crippen LogP contribution in [0.5, 0.6) is 0 Å². The van der Waals surface area contributed by atoms with Gasteiger partial charge < -0.3 is 10.6 Å². The first-order valence-corrected chi connectivity index (χ1v) is 10.1. The molecule has 152 valence electrons. The summed E-state index contributed by atoms with van der Waals surface area (Å²) in [6.07, 6.45) is 9.84. The zero-order valence-electron chi connectivity index (χ0n) is 16.9. The number of rotatable bonds is 5. The van der Waals surface area contributed by atoms with Crippen molar-refractivity contribution in [3.05, 3.63) is 61.3 Å². The second-order valence-electron chi connectivity index (χ2n) is 7.70. The number of anilines is 1. The molecular formula is C22H24N8. The molecule has 0 bridgehead atoms. The zero-order chi connectivity index (χ0) is 20.5. The van der Waals surface area contributed by atoms with Crippen LogP contribution < -0.4 is 10.6 Å². The fourth-order valence-electron chi connectivity index (χ4n) is 3.84. The van der Waals surface area contributed by atoms with E-state index in [1.807, 2.05) is 42.6 Å². The van der Waals surface area contributed by atoms with E-state index in [1.165, 1.54) is 0 Å². The lowest BCUT2D eigenvalue weighted by molar-refractivity contribution is 0.337. The summed E-state index contributed by atoms with van der Waals surface area (Å²) in [4.78, 5) is 4.52. The largest absolute Gasteiger partial charge is 0.339 e. The van der Waals surface area contributed by atoms with Crippen LogP contribution in [0, 0.1) is 0 Å². The minimum Gasteiger partial charge on any atom is -0.339 e. The lowest BCUT2D eigenvalue weighted by Gasteiger charge is -2.22. The molecule has 1 aliphatic rings. The van der Waals surface area contributed by atoms with Crippen molar-refractivity contribution >= 4 is 22.3 Å². The van der Waals surface area contributed by atoms with Crippen molar-refractivity contribution in [2.24, 2.45) is 7.05 Å². The number of fused-ring (bicyclic) bond motifs is 1. The van der Waals surface area contributed by atoms with Crippen molar-refractivity contribution in [2.45, 2.75) is 18.9 Å². The molecule has 1 saturated heterocycles. The van der Waals surface area contributed by atoms with Crippen LogP contribution in [0.25, 0.3) is 27.6 Å². The molecule has 0 spiro atoms. The van der Waals surface area contributed by atoms with Gasteiger partial charge in [0.05, 0.1) is 24.1 Å². The van der Waals surface area contributed by atoms with E-state index in [1.54, 1.807) is 4.68 Å². The van der Waals surface area contributed by atoms with Crippen LogP contribution in [0.3, 0.4) is 0 Å². The first-order chi connectivity index (χ1) is 14.7. The summed E-state index contributed by atoms with van der Waals surface area (Å²) in [6.45, 7) is 6.17. The van der Waals surface area contributed by atoms with Crippen LogP contribution >= 0.6 is 0 Å². The second kappa shape index (κ2) is 7.72. The minimum atomic E-state index is 0.394. The van der Waals surface area contributed by atoms with E-state index >= 15 is 0 Å². The number of benzene rings is 1. The molecule has 1 aromatic carbocycles. The number of nitrogens with one attached hydrogen (secondary N) is 2. The quantitative estimate of drug-likeness (QED) is 0.535. The number of hydrogen-bond acceptors (Lipinski definition) is 6. The molecule has 0 aliphatic carbocycles. The van der Waals surface area contributed by atoms with Gasteiger partial charge in [0.1, 0.15) is 11.5 Å². The smallest absolute Gasteiger partial charge is 0.130 e. The molecule has 3 aromatic heterocycles. The summed E-state index contributed by atoms with van der Waals surface area (Å²) < 4.78 is 3.76. The van der Waals surface area contributed by atoms with Gasteiger partial charge >= 0.3 is 0 Å². The standard InChI is InChI=1S/C22H24N8/c1-15(21-14-30(28-27-21)20-5-7-23-8-6-20)26-22-10-18-9-16(3-4-17(18)11-24-22)19-12-25-29(2)13-19/h3-4,9-14,20,23H,1,5-8H2,2H3,(H,24,26). The highest BCUT2D eigenvalue weighted by molar-refractivity contribution is 5.89.